The van der Waals surface area contributed by atoms with E-state index < -0.39 is 0 Å². The van der Waals surface area contributed by atoms with Gasteiger partial charge >= 0.3 is 0 Å². The minimum absolute atomic E-state index is 0.0287. The largest absolute Gasteiger partial charge is 0.354 e. The quantitative estimate of drug-likeness (QED) is 0.732. The number of carbonyl (C=O) groups excluding carboxylic acids is 1. The van der Waals surface area contributed by atoms with Crippen LogP contribution in [-0.2, 0) is 4.79 Å². The second kappa shape index (κ2) is 4.84. The molecule has 0 aromatic carbocycles. The molecule has 3 heteroatoms. The predicted octanol–water partition coefficient (Wildman–Crippen LogP) is 1.93. The van der Waals surface area contributed by atoms with E-state index >= 15 is 0 Å². The second-order valence-electron chi connectivity index (χ2n) is 6.81. The van der Waals surface area contributed by atoms with Gasteiger partial charge in [-0.05, 0) is 62.8 Å². The van der Waals surface area contributed by atoms with Crippen molar-refractivity contribution in [1.82, 2.24) is 10.6 Å². The number of hydrogen-bond donors (Lipinski definition) is 2. The average Bonchev–Trinajstić information content (AvgIpc) is 2.32. The molecule has 0 saturated heterocycles. The fourth-order valence-electron chi connectivity index (χ4n) is 5.02. The van der Waals surface area contributed by atoms with Gasteiger partial charge in [0.2, 0.25) is 5.91 Å². The van der Waals surface area contributed by atoms with Crippen molar-refractivity contribution in [3.63, 3.8) is 0 Å². The van der Waals surface area contributed by atoms with Crippen LogP contribution in [0.25, 0.3) is 0 Å². The highest BCUT2D eigenvalue weighted by molar-refractivity contribution is 5.83. The molecule has 3 nitrogen and oxygen atoms in total. The third-order valence-corrected chi connectivity index (χ3v) is 5.36. The molecule has 0 aliphatic heterocycles. The molecule has 1 amide bonds. The number of rotatable bonds is 5. The average molecular weight is 250 g/mol. The summed E-state index contributed by atoms with van der Waals surface area (Å²) in [5.74, 6) is 2.93. The maximum absolute atomic E-state index is 12.5. The molecule has 4 fully saturated rings. The topological polar surface area (TPSA) is 41.1 Å². The number of nitrogens with one attached hydrogen (secondary N) is 2. The Kier molecular flexibility index (Phi) is 3.35. The van der Waals surface area contributed by atoms with Crippen molar-refractivity contribution < 1.29 is 4.79 Å². The summed E-state index contributed by atoms with van der Waals surface area (Å²) >= 11 is 0. The fourth-order valence-corrected chi connectivity index (χ4v) is 5.02. The molecule has 0 radical (unpaired) electrons. The van der Waals surface area contributed by atoms with Crippen molar-refractivity contribution >= 4 is 5.91 Å². The molecular formula is C15H26N2O. The molecule has 0 heterocycles. The molecule has 0 aromatic heterocycles. The summed E-state index contributed by atoms with van der Waals surface area (Å²) < 4.78 is 0. The van der Waals surface area contributed by atoms with E-state index in [-0.39, 0.29) is 5.41 Å². The van der Waals surface area contributed by atoms with Gasteiger partial charge < -0.3 is 10.6 Å². The van der Waals surface area contributed by atoms with E-state index in [0.717, 1.165) is 37.4 Å². The smallest absolute Gasteiger partial charge is 0.226 e. The van der Waals surface area contributed by atoms with Crippen molar-refractivity contribution in [2.45, 2.75) is 45.4 Å². The molecule has 0 atom stereocenters. The molecule has 4 bridgehead atoms. The van der Waals surface area contributed by atoms with Crippen molar-refractivity contribution in [3.05, 3.63) is 0 Å². The van der Waals surface area contributed by atoms with Crippen molar-refractivity contribution in [3.8, 4) is 0 Å². The first-order valence-electron chi connectivity index (χ1n) is 7.71. The maximum Gasteiger partial charge on any atom is 0.226 e. The lowest BCUT2D eigenvalue weighted by Crippen LogP contribution is -2.54. The molecule has 0 spiro atoms. The Morgan fingerprint density at radius 1 is 1.06 bits per heavy atom. The molecule has 0 aromatic rings. The van der Waals surface area contributed by atoms with Crippen molar-refractivity contribution in [2.24, 2.45) is 23.2 Å². The van der Waals surface area contributed by atoms with Crippen LogP contribution in [0.5, 0.6) is 0 Å². The van der Waals surface area contributed by atoms with Gasteiger partial charge in [-0.1, -0.05) is 6.92 Å². The SMILES string of the molecule is CCNCCNC(=O)C12CC3CC(CC(C3)C1)C2. The first-order valence-corrected chi connectivity index (χ1v) is 7.71. The van der Waals surface area contributed by atoms with Crippen LogP contribution in [0.15, 0.2) is 0 Å². The number of amides is 1. The summed E-state index contributed by atoms with van der Waals surface area (Å²) in [4.78, 5) is 12.5. The third kappa shape index (κ3) is 2.18. The van der Waals surface area contributed by atoms with Crippen LogP contribution in [0.3, 0.4) is 0 Å². The van der Waals surface area contributed by atoms with E-state index in [1.807, 2.05) is 0 Å². The van der Waals surface area contributed by atoms with E-state index in [2.05, 4.69) is 17.6 Å². The molecule has 4 aliphatic carbocycles. The van der Waals surface area contributed by atoms with Gasteiger partial charge in [0, 0.05) is 18.5 Å². The maximum atomic E-state index is 12.5. The van der Waals surface area contributed by atoms with E-state index in [9.17, 15) is 4.79 Å². The minimum atomic E-state index is 0.0287. The van der Waals surface area contributed by atoms with Gasteiger partial charge in [-0.15, -0.1) is 0 Å². The Morgan fingerprint density at radius 3 is 2.11 bits per heavy atom. The summed E-state index contributed by atoms with van der Waals surface area (Å²) in [7, 11) is 0. The zero-order valence-electron chi connectivity index (χ0n) is 11.5. The van der Waals surface area contributed by atoms with E-state index in [4.69, 9.17) is 0 Å². The van der Waals surface area contributed by atoms with Crippen LogP contribution < -0.4 is 10.6 Å². The minimum Gasteiger partial charge on any atom is -0.354 e. The summed E-state index contributed by atoms with van der Waals surface area (Å²) in [5, 5.41) is 6.44. The molecular weight excluding hydrogens is 224 g/mol. The molecule has 0 unspecified atom stereocenters. The predicted molar refractivity (Wildman–Crippen MR) is 72.2 cm³/mol. The van der Waals surface area contributed by atoms with Gasteiger partial charge in [0.25, 0.3) is 0 Å². The van der Waals surface area contributed by atoms with Crippen LogP contribution >= 0.6 is 0 Å². The number of hydrogen-bond acceptors (Lipinski definition) is 2. The van der Waals surface area contributed by atoms with Gasteiger partial charge in [0.15, 0.2) is 0 Å². The highest BCUT2D eigenvalue weighted by Crippen LogP contribution is 2.60. The summed E-state index contributed by atoms with van der Waals surface area (Å²) in [6, 6.07) is 0. The first kappa shape index (κ1) is 12.5. The highest BCUT2D eigenvalue weighted by atomic mass is 16.2. The fraction of sp³-hybridized carbons (Fsp3) is 0.933. The zero-order valence-corrected chi connectivity index (χ0v) is 11.5. The number of carbonyl (C=O) groups is 1. The van der Waals surface area contributed by atoms with Crippen molar-refractivity contribution in [2.75, 3.05) is 19.6 Å². The van der Waals surface area contributed by atoms with E-state index in [1.54, 1.807) is 0 Å². The lowest BCUT2D eigenvalue weighted by atomic mass is 9.49. The summed E-state index contributed by atoms with van der Waals surface area (Å²) in [6.07, 6.45) is 7.74. The van der Waals surface area contributed by atoms with Gasteiger partial charge in [0.05, 0.1) is 0 Å². The van der Waals surface area contributed by atoms with E-state index in [0.29, 0.717) is 5.91 Å². The van der Waals surface area contributed by atoms with Gasteiger partial charge in [-0.2, -0.15) is 0 Å². The van der Waals surface area contributed by atoms with Crippen LogP contribution in [0, 0.1) is 23.2 Å². The van der Waals surface area contributed by atoms with Gasteiger partial charge in [0.1, 0.15) is 0 Å². The Bertz CT molecular complexity index is 291. The number of likely N-dealkylation sites (N-methyl/N-ethyl adjacent to an activating group) is 1. The van der Waals surface area contributed by atoms with Gasteiger partial charge in [-0.25, -0.2) is 0 Å². The Hall–Kier alpha value is -0.570. The van der Waals surface area contributed by atoms with Crippen LogP contribution in [-0.4, -0.2) is 25.5 Å². The molecule has 4 rings (SSSR count). The highest BCUT2D eigenvalue weighted by Gasteiger charge is 2.54. The first-order chi connectivity index (χ1) is 8.72. The Balaban J connectivity index is 1.59. The second-order valence-corrected chi connectivity index (χ2v) is 6.81. The summed E-state index contributed by atoms with van der Waals surface area (Å²) in [6.45, 7) is 4.76. The lowest BCUT2D eigenvalue weighted by molar-refractivity contribution is -0.146. The Labute approximate surface area is 110 Å². The van der Waals surface area contributed by atoms with Gasteiger partial charge in [-0.3, -0.25) is 4.79 Å². The van der Waals surface area contributed by atoms with Crippen molar-refractivity contribution in [1.29, 1.82) is 0 Å². The normalized spacial score (nSPS) is 41.1. The summed E-state index contributed by atoms with van der Waals surface area (Å²) in [5.41, 5.74) is 0.0287. The lowest BCUT2D eigenvalue weighted by Gasteiger charge is -2.55. The molecule has 4 aliphatic rings. The zero-order chi connectivity index (χ0) is 12.6. The molecule has 102 valence electrons. The monoisotopic (exact) mass is 250 g/mol. The van der Waals surface area contributed by atoms with Crippen LogP contribution in [0.1, 0.15) is 45.4 Å². The molecule has 18 heavy (non-hydrogen) atoms. The van der Waals surface area contributed by atoms with Crippen LogP contribution in [0.4, 0.5) is 0 Å². The standard InChI is InChI=1S/C15H26N2O/c1-2-16-3-4-17-14(18)15-8-11-5-12(9-15)7-13(6-11)10-15/h11-13,16H,2-10H2,1H3,(H,17,18). The Morgan fingerprint density at radius 2 is 1.61 bits per heavy atom. The van der Waals surface area contributed by atoms with Crippen LogP contribution in [0.2, 0.25) is 0 Å². The van der Waals surface area contributed by atoms with E-state index in [1.165, 1.54) is 38.5 Å². The molecule has 4 saturated carbocycles. The third-order valence-electron chi connectivity index (χ3n) is 5.36. The molecule has 2 N–H and O–H groups in total.